The van der Waals surface area contributed by atoms with Crippen molar-refractivity contribution in [3.63, 3.8) is 0 Å². The van der Waals surface area contributed by atoms with Gasteiger partial charge in [-0.2, -0.15) is 0 Å². The highest BCUT2D eigenvalue weighted by molar-refractivity contribution is 7.17. The molecule has 0 aliphatic heterocycles. The third-order valence-corrected chi connectivity index (χ3v) is 3.45. The average Bonchev–Trinajstić information content (AvgIpc) is 2.87. The summed E-state index contributed by atoms with van der Waals surface area (Å²) in [6.07, 6.45) is 3.80. The van der Waals surface area contributed by atoms with Crippen LogP contribution in [0.4, 0.5) is 5.13 Å². The normalized spacial score (nSPS) is 12.1. The van der Waals surface area contributed by atoms with E-state index in [4.69, 9.17) is 10.5 Å². The van der Waals surface area contributed by atoms with Crippen LogP contribution in [0.25, 0.3) is 0 Å². The molecule has 20 heavy (non-hydrogen) atoms. The number of hydrogen-bond acceptors (Lipinski definition) is 6. The SMILES string of the molecule is CCCCCCOC(C)C(=O)Nc1nnc(C(N)=O)s1. The molecule has 8 heteroatoms. The lowest BCUT2D eigenvalue weighted by Crippen LogP contribution is -2.28. The molecule has 0 aliphatic carbocycles. The Morgan fingerprint density at radius 2 is 2.10 bits per heavy atom. The van der Waals surface area contributed by atoms with Crippen molar-refractivity contribution < 1.29 is 14.3 Å². The molecular weight excluding hydrogens is 280 g/mol. The number of hydrogen-bond donors (Lipinski definition) is 2. The highest BCUT2D eigenvalue weighted by Gasteiger charge is 2.16. The zero-order valence-corrected chi connectivity index (χ0v) is 12.5. The molecule has 1 rings (SSSR count). The largest absolute Gasteiger partial charge is 0.369 e. The van der Waals surface area contributed by atoms with E-state index in [0.29, 0.717) is 6.61 Å². The van der Waals surface area contributed by atoms with E-state index < -0.39 is 12.0 Å². The van der Waals surface area contributed by atoms with E-state index in [-0.39, 0.29) is 16.0 Å². The quantitative estimate of drug-likeness (QED) is 0.673. The molecule has 1 heterocycles. The summed E-state index contributed by atoms with van der Waals surface area (Å²) in [4.78, 5) is 22.7. The third-order valence-electron chi connectivity index (χ3n) is 2.60. The minimum Gasteiger partial charge on any atom is -0.369 e. The van der Waals surface area contributed by atoms with Gasteiger partial charge in [0, 0.05) is 6.61 Å². The van der Waals surface area contributed by atoms with Crippen molar-refractivity contribution in [3.05, 3.63) is 5.01 Å². The first-order valence-corrected chi connectivity index (χ1v) is 7.42. The number of ether oxygens (including phenoxy) is 1. The predicted molar refractivity (Wildman–Crippen MR) is 76.6 cm³/mol. The Labute approximate surface area is 121 Å². The molecule has 0 bridgehead atoms. The Balaban J connectivity index is 2.31. The van der Waals surface area contributed by atoms with Gasteiger partial charge in [0.05, 0.1) is 0 Å². The summed E-state index contributed by atoms with van der Waals surface area (Å²) in [5.74, 6) is -0.976. The van der Waals surface area contributed by atoms with E-state index in [1.54, 1.807) is 6.92 Å². The number of amides is 2. The highest BCUT2D eigenvalue weighted by Crippen LogP contribution is 2.15. The van der Waals surface area contributed by atoms with Crippen LogP contribution in [-0.4, -0.2) is 34.7 Å². The van der Waals surface area contributed by atoms with Crippen LogP contribution >= 0.6 is 11.3 Å². The predicted octanol–water partition coefficient (Wildman–Crippen LogP) is 1.56. The minimum absolute atomic E-state index is 0.0634. The van der Waals surface area contributed by atoms with Crippen LogP contribution in [0.1, 0.15) is 49.3 Å². The van der Waals surface area contributed by atoms with Crippen LogP contribution in [0.5, 0.6) is 0 Å². The van der Waals surface area contributed by atoms with E-state index in [9.17, 15) is 9.59 Å². The summed E-state index contributed by atoms with van der Waals surface area (Å²) < 4.78 is 5.43. The standard InChI is InChI=1S/C12H20N4O3S/c1-3-4-5-6-7-19-8(2)10(18)14-12-16-15-11(20-12)9(13)17/h8H,3-7H2,1-2H3,(H2,13,17)(H,14,16,18). The fourth-order valence-corrected chi connectivity index (χ4v) is 2.04. The number of nitrogens with zero attached hydrogens (tertiary/aromatic N) is 2. The van der Waals surface area contributed by atoms with Gasteiger partial charge in [0.25, 0.3) is 11.8 Å². The third kappa shape index (κ3) is 5.62. The van der Waals surface area contributed by atoms with Crippen molar-refractivity contribution in [1.29, 1.82) is 0 Å². The smallest absolute Gasteiger partial charge is 0.279 e. The van der Waals surface area contributed by atoms with Crippen LogP contribution in [0.2, 0.25) is 0 Å². The van der Waals surface area contributed by atoms with Gasteiger partial charge in [-0.25, -0.2) is 0 Å². The van der Waals surface area contributed by atoms with Crippen molar-refractivity contribution in [3.8, 4) is 0 Å². The van der Waals surface area contributed by atoms with Gasteiger partial charge >= 0.3 is 0 Å². The van der Waals surface area contributed by atoms with Gasteiger partial charge in [-0.1, -0.05) is 37.5 Å². The fourth-order valence-electron chi connectivity index (χ4n) is 1.44. The van der Waals surface area contributed by atoms with Crippen molar-refractivity contribution in [1.82, 2.24) is 10.2 Å². The molecular formula is C12H20N4O3S. The molecule has 0 aliphatic rings. The molecule has 0 saturated carbocycles. The maximum atomic E-state index is 11.8. The van der Waals surface area contributed by atoms with Crippen LogP contribution in [0.15, 0.2) is 0 Å². The number of rotatable bonds is 9. The van der Waals surface area contributed by atoms with E-state index >= 15 is 0 Å². The Bertz CT molecular complexity index is 450. The highest BCUT2D eigenvalue weighted by atomic mass is 32.1. The topological polar surface area (TPSA) is 107 Å². The van der Waals surface area contributed by atoms with Gasteiger partial charge < -0.3 is 10.5 Å². The number of carbonyl (C=O) groups excluding carboxylic acids is 2. The minimum atomic E-state index is -0.664. The van der Waals surface area contributed by atoms with Crippen molar-refractivity contribution in [2.45, 2.75) is 45.6 Å². The molecule has 1 atom stereocenters. The number of anilines is 1. The van der Waals surface area contributed by atoms with E-state index in [1.165, 1.54) is 6.42 Å². The number of aromatic nitrogens is 2. The summed E-state index contributed by atoms with van der Waals surface area (Å²) in [6.45, 7) is 4.36. The molecule has 112 valence electrons. The van der Waals surface area contributed by atoms with Gasteiger partial charge in [0.15, 0.2) is 0 Å². The number of carbonyl (C=O) groups is 2. The Kier molecular flexibility index (Phi) is 7.10. The zero-order valence-electron chi connectivity index (χ0n) is 11.7. The first-order valence-electron chi connectivity index (χ1n) is 6.60. The zero-order chi connectivity index (χ0) is 15.0. The number of nitrogens with two attached hydrogens (primary N) is 1. The van der Waals surface area contributed by atoms with Crippen LogP contribution in [0.3, 0.4) is 0 Å². The summed E-state index contributed by atoms with van der Waals surface area (Å²) >= 11 is 0.937. The fraction of sp³-hybridized carbons (Fsp3) is 0.667. The Morgan fingerprint density at radius 3 is 2.70 bits per heavy atom. The van der Waals surface area contributed by atoms with Crippen LogP contribution < -0.4 is 11.1 Å². The molecule has 2 amide bonds. The lowest BCUT2D eigenvalue weighted by atomic mass is 10.2. The number of unbranched alkanes of at least 4 members (excludes halogenated alkanes) is 3. The summed E-state index contributed by atoms with van der Waals surface area (Å²) in [5, 5.41) is 10.1. The van der Waals surface area contributed by atoms with Crippen molar-refractivity contribution in [2.75, 3.05) is 11.9 Å². The van der Waals surface area contributed by atoms with Gasteiger partial charge in [-0.15, -0.1) is 10.2 Å². The molecule has 1 unspecified atom stereocenters. The van der Waals surface area contributed by atoms with Crippen LogP contribution in [-0.2, 0) is 9.53 Å². The monoisotopic (exact) mass is 300 g/mol. The average molecular weight is 300 g/mol. The van der Waals surface area contributed by atoms with Crippen molar-refractivity contribution >= 4 is 28.3 Å². The molecule has 0 fully saturated rings. The Morgan fingerprint density at radius 1 is 1.35 bits per heavy atom. The first kappa shape index (κ1) is 16.5. The van der Waals surface area contributed by atoms with Gasteiger partial charge in [0.1, 0.15) is 6.10 Å². The molecule has 7 nitrogen and oxygen atoms in total. The Hall–Kier alpha value is -1.54. The first-order chi connectivity index (χ1) is 9.54. The molecule has 0 aromatic carbocycles. The summed E-state index contributed by atoms with van der Waals surface area (Å²) in [6, 6.07) is 0. The molecule has 1 aromatic rings. The maximum Gasteiger partial charge on any atom is 0.279 e. The van der Waals surface area contributed by atoms with E-state index in [0.717, 1.165) is 30.6 Å². The second kappa shape index (κ2) is 8.60. The molecule has 0 saturated heterocycles. The summed E-state index contributed by atoms with van der Waals surface area (Å²) in [5.41, 5.74) is 5.05. The van der Waals surface area contributed by atoms with Gasteiger partial charge in [-0.05, 0) is 13.3 Å². The molecule has 1 aromatic heterocycles. The van der Waals surface area contributed by atoms with E-state index in [1.807, 2.05) is 0 Å². The number of nitrogens with one attached hydrogen (secondary N) is 1. The van der Waals surface area contributed by atoms with Gasteiger partial charge in [-0.3, -0.25) is 14.9 Å². The maximum absolute atomic E-state index is 11.8. The molecule has 3 N–H and O–H groups in total. The van der Waals surface area contributed by atoms with E-state index in [2.05, 4.69) is 22.4 Å². The lowest BCUT2D eigenvalue weighted by molar-refractivity contribution is -0.126. The summed E-state index contributed by atoms with van der Waals surface area (Å²) in [7, 11) is 0. The van der Waals surface area contributed by atoms with Crippen LogP contribution in [0, 0.1) is 0 Å². The molecule has 0 radical (unpaired) electrons. The van der Waals surface area contributed by atoms with Gasteiger partial charge in [0.2, 0.25) is 10.1 Å². The lowest BCUT2D eigenvalue weighted by Gasteiger charge is -2.11. The van der Waals surface area contributed by atoms with Crippen molar-refractivity contribution in [2.24, 2.45) is 5.73 Å². The second-order valence-corrected chi connectivity index (χ2v) is 5.32. The second-order valence-electron chi connectivity index (χ2n) is 4.34. The molecule has 0 spiro atoms. The number of primary amides is 1.